The molecule has 98 valence electrons. The van der Waals surface area contributed by atoms with E-state index in [9.17, 15) is 4.39 Å². The fourth-order valence-electron chi connectivity index (χ4n) is 1.48. The van der Waals surface area contributed by atoms with Crippen molar-refractivity contribution in [3.05, 3.63) is 53.5 Å². The van der Waals surface area contributed by atoms with Crippen LogP contribution >= 0.6 is 0 Å². The maximum Gasteiger partial charge on any atom is 0.220 e. The SMILES string of the molecule is Cc1cccc(Oc2cccc(/C(N)=N/O)n2)c1F. The second kappa shape index (κ2) is 5.34. The number of oxime groups is 1. The number of aromatic nitrogens is 1. The van der Waals surface area contributed by atoms with Gasteiger partial charge in [0.25, 0.3) is 0 Å². The summed E-state index contributed by atoms with van der Waals surface area (Å²) in [4.78, 5) is 4.00. The molecule has 1 aromatic heterocycles. The van der Waals surface area contributed by atoms with Crippen molar-refractivity contribution in [2.75, 3.05) is 0 Å². The highest BCUT2D eigenvalue weighted by Crippen LogP contribution is 2.24. The van der Waals surface area contributed by atoms with Gasteiger partial charge in [-0.15, -0.1) is 0 Å². The predicted molar refractivity (Wildman–Crippen MR) is 68.0 cm³/mol. The molecule has 0 bridgehead atoms. The number of ether oxygens (including phenoxy) is 1. The zero-order valence-electron chi connectivity index (χ0n) is 10.2. The lowest BCUT2D eigenvalue weighted by molar-refractivity contribution is 0.318. The van der Waals surface area contributed by atoms with Crippen LogP contribution in [0.15, 0.2) is 41.6 Å². The van der Waals surface area contributed by atoms with E-state index in [-0.39, 0.29) is 23.2 Å². The molecule has 0 spiro atoms. The second-order valence-corrected chi connectivity index (χ2v) is 3.84. The van der Waals surface area contributed by atoms with Gasteiger partial charge in [0.2, 0.25) is 5.88 Å². The maximum atomic E-state index is 13.8. The van der Waals surface area contributed by atoms with Gasteiger partial charge in [-0.1, -0.05) is 23.4 Å². The van der Waals surface area contributed by atoms with E-state index in [0.29, 0.717) is 5.56 Å². The number of nitrogens with two attached hydrogens (primary N) is 1. The summed E-state index contributed by atoms with van der Waals surface area (Å²) in [5, 5.41) is 11.4. The van der Waals surface area contributed by atoms with Crippen molar-refractivity contribution in [3.63, 3.8) is 0 Å². The Bertz CT molecular complexity index is 629. The van der Waals surface area contributed by atoms with Crippen LogP contribution in [-0.4, -0.2) is 16.0 Å². The molecule has 2 rings (SSSR count). The van der Waals surface area contributed by atoms with Crippen LogP contribution in [0.3, 0.4) is 0 Å². The van der Waals surface area contributed by atoms with E-state index in [2.05, 4.69) is 10.1 Å². The number of hydrogen-bond donors (Lipinski definition) is 2. The lowest BCUT2D eigenvalue weighted by atomic mass is 10.2. The van der Waals surface area contributed by atoms with Gasteiger partial charge in [0, 0.05) is 6.07 Å². The first-order valence-electron chi connectivity index (χ1n) is 5.49. The van der Waals surface area contributed by atoms with Gasteiger partial charge < -0.3 is 15.7 Å². The minimum Gasteiger partial charge on any atom is -0.436 e. The van der Waals surface area contributed by atoms with Gasteiger partial charge in [0.05, 0.1) is 0 Å². The number of pyridine rings is 1. The maximum absolute atomic E-state index is 13.8. The number of nitrogens with zero attached hydrogens (tertiary/aromatic N) is 2. The topological polar surface area (TPSA) is 80.7 Å². The van der Waals surface area contributed by atoms with E-state index in [0.717, 1.165) is 0 Å². The Kier molecular flexibility index (Phi) is 3.61. The predicted octanol–water partition coefficient (Wildman–Crippen LogP) is 2.42. The Balaban J connectivity index is 2.31. The number of rotatable bonds is 3. The van der Waals surface area contributed by atoms with Gasteiger partial charge in [0.15, 0.2) is 17.4 Å². The summed E-state index contributed by atoms with van der Waals surface area (Å²) >= 11 is 0. The molecule has 0 unspecified atom stereocenters. The number of hydrogen-bond acceptors (Lipinski definition) is 4. The van der Waals surface area contributed by atoms with Crippen LogP contribution in [0.25, 0.3) is 0 Å². The van der Waals surface area contributed by atoms with Crippen LogP contribution in [0.2, 0.25) is 0 Å². The van der Waals surface area contributed by atoms with E-state index < -0.39 is 5.82 Å². The van der Waals surface area contributed by atoms with Crippen molar-refractivity contribution in [2.45, 2.75) is 6.92 Å². The third-order valence-electron chi connectivity index (χ3n) is 2.46. The molecule has 0 aliphatic heterocycles. The van der Waals surface area contributed by atoms with Crippen molar-refractivity contribution < 1.29 is 14.3 Å². The Morgan fingerprint density at radius 3 is 2.79 bits per heavy atom. The molecule has 0 amide bonds. The van der Waals surface area contributed by atoms with Gasteiger partial charge >= 0.3 is 0 Å². The highest BCUT2D eigenvalue weighted by Gasteiger charge is 2.09. The molecule has 0 radical (unpaired) electrons. The van der Waals surface area contributed by atoms with Gasteiger partial charge in [-0.2, -0.15) is 0 Å². The minimum absolute atomic E-state index is 0.0733. The first-order chi connectivity index (χ1) is 9.11. The van der Waals surface area contributed by atoms with Crippen molar-refractivity contribution in [1.82, 2.24) is 4.98 Å². The number of amidine groups is 1. The molecule has 0 aliphatic rings. The molecule has 1 aromatic carbocycles. The van der Waals surface area contributed by atoms with E-state index in [4.69, 9.17) is 15.7 Å². The fraction of sp³-hybridized carbons (Fsp3) is 0.0769. The summed E-state index contributed by atoms with van der Waals surface area (Å²) < 4.78 is 19.1. The average molecular weight is 261 g/mol. The Morgan fingerprint density at radius 2 is 2.05 bits per heavy atom. The lowest BCUT2D eigenvalue weighted by Gasteiger charge is -2.08. The molecule has 6 heteroatoms. The summed E-state index contributed by atoms with van der Waals surface area (Å²) in [5.41, 5.74) is 6.14. The Hall–Kier alpha value is -2.63. The molecule has 1 heterocycles. The first kappa shape index (κ1) is 12.8. The van der Waals surface area contributed by atoms with Crippen molar-refractivity contribution in [1.29, 1.82) is 0 Å². The molecular formula is C13H12FN3O2. The van der Waals surface area contributed by atoms with Crippen molar-refractivity contribution in [2.24, 2.45) is 10.9 Å². The van der Waals surface area contributed by atoms with Crippen LogP contribution in [0, 0.1) is 12.7 Å². The highest BCUT2D eigenvalue weighted by molar-refractivity contribution is 5.95. The first-order valence-corrected chi connectivity index (χ1v) is 5.49. The van der Waals surface area contributed by atoms with Gasteiger partial charge in [-0.05, 0) is 24.6 Å². The normalized spacial score (nSPS) is 11.4. The average Bonchev–Trinajstić information content (AvgIpc) is 2.43. The van der Waals surface area contributed by atoms with E-state index >= 15 is 0 Å². The highest BCUT2D eigenvalue weighted by atomic mass is 19.1. The van der Waals surface area contributed by atoms with Gasteiger partial charge in [-0.3, -0.25) is 0 Å². The zero-order chi connectivity index (χ0) is 13.8. The molecule has 0 aliphatic carbocycles. The second-order valence-electron chi connectivity index (χ2n) is 3.84. The van der Waals surface area contributed by atoms with Crippen molar-refractivity contribution in [3.8, 4) is 11.6 Å². The van der Waals surface area contributed by atoms with Gasteiger partial charge in [-0.25, -0.2) is 9.37 Å². The summed E-state index contributed by atoms with van der Waals surface area (Å²) in [5.74, 6) is -0.355. The smallest absolute Gasteiger partial charge is 0.220 e. The third-order valence-corrected chi connectivity index (χ3v) is 2.46. The molecule has 0 fully saturated rings. The summed E-state index contributed by atoms with van der Waals surface area (Å²) in [7, 11) is 0. The summed E-state index contributed by atoms with van der Waals surface area (Å²) in [6.07, 6.45) is 0. The van der Waals surface area contributed by atoms with Crippen molar-refractivity contribution >= 4 is 5.84 Å². The molecule has 5 nitrogen and oxygen atoms in total. The molecule has 3 N–H and O–H groups in total. The Labute approximate surface area is 109 Å². The third kappa shape index (κ3) is 2.79. The number of benzene rings is 1. The minimum atomic E-state index is -0.446. The van der Waals surface area contributed by atoms with Crippen LogP contribution in [-0.2, 0) is 0 Å². The van der Waals surface area contributed by atoms with Gasteiger partial charge in [0.1, 0.15) is 5.69 Å². The quantitative estimate of drug-likeness (QED) is 0.385. The summed E-state index contributed by atoms with van der Waals surface area (Å²) in [6.45, 7) is 1.64. The fourth-order valence-corrected chi connectivity index (χ4v) is 1.48. The zero-order valence-corrected chi connectivity index (χ0v) is 10.2. The Morgan fingerprint density at radius 1 is 1.32 bits per heavy atom. The number of halogens is 1. The molecule has 0 saturated carbocycles. The van der Waals surface area contributed by atoms with Crippen LogP contribution in [0.4, 0.5) is 4.39 Å². The molecule has 2 aromatic rings. The van der Waals surface area contributed by atoms with Crippen LogP contribution in [0.5, 0.6) is 11.6 Å². The number of aryl methyl sites for hydroxylation is 1. The van der Waals surface area contributed by atoms with Crippen LogP contribution < -0.4 is 10.5 Å². The van der Waals surface area contributed by atoms with E-state index in [1.165, 1.54) is 6.07 Å². The largest absolute Gasteiger partial charge is 0.436 e. The lowest BCUT2D eigenvalue weighted by Crippen LogP contribution is -2.14. The molecular weight excluding hydrogens is 249 g/mol. The standard InChI is InChI=1S/C13H12FN3O2/c1-8-4-2-6-10(12(8)14)19-11-7-3-5-9(16-11)13(15)17-18/h2-7,18H,1H3,(H2,15,17). The summed E-state index contributed by atoms with van der Waals surface area (Å²) in [6, 6.07) is 9.54. The van der Waals surface area contributed by atoms with E-state index in [1.54, 1.807) is 37.3 Å². The molecule has 0 saturated heterocycles. The monoisotopic (exact) mass is 261 g/mol. The molecule has 0 atom stereocenters. The van der Waals surface area contributed by atoms with Crippen LogP contribution in [0.1, 0.15) is 11.3 Å². The molecule has 19 heavy (non-hydrogen) atoms. The van der Waals surface area contributed by atoms with E-state index in [1.807, 2.05) is 0 Å².